The third kappa shape index (κ3) is 1.71. The molecule has 6 nitrogen and oxygen atoms in total. The zero-order chi connectivity index (χ0) is 11.8. The van der Waals surface area contributed by atoms with Gasteiger partial charge in [-0.25, -0.2) is 4.52 Å². The first-order chi connectivity index (χ1) is 8.24. The summed E-state index contributed by atoms with van der Waals surface area (Å²) in [5.74, 6) is 0.605. The van der Waals surface area contributed by atoms with E-state index in [9.17, 15) is 4.79 Å². The second kappa shape index (κ2) is 3.73. The van der Waals surface area contributed by atoms with Crippen LogP contribution in [0, 0.1) is 0 Å². The highest BCUT2D eigenvalue weighted by Crippen LogP contribution is 2.13. The van der Waals surface area contributed by atoms with Gasteiger partial charge < -0.3 is 10.2 Å². The number of anilines is 1. The molecule has 1 fully saturated rings. The number of carbonyl (C=O) groups excluding carboxylic acids is 1. The molecule has 0 saturated carbocycles. The van der Waals surface area contributed by atoms with Crippen molar-refractivity contribution in [3.63, 3.8) is 0 Å². The molecule has 6 heteroatoms. The minimum atomic E-state index is -0.197. The molecular weight excluding hydrogens is 218 g/mol. The summed E-state index contributed by atoms with van der Waals surface area (Å²) in [5, 5.41) is 7.34. The number of fused-ring (bicyclic) bond motifs is 1. The molecule has 0 spiro atoms. The molecule has 1 amide bonds. The number of nitrogens with zero attached hydrogens (tertiary/aromatic N) is 4. The molecule has 3 heterocycles. The Morgan fingerprint density at radius 1 is 1.47 bits per heavy atom. The molecule has 1 atom stereocenters. The van der Waals surface area contributed by atoms with Crippen LogP contribution in [0.4, 0.5) is 5.95 Å². The van der Waals surface area contributed by atoms with Crippen LogP contribution in [0.3, 0.4) is 0 Å². The molecule has 0 aliphatic carbocycles. The average molecular weight is 231 g/mol. The van der Waals surface area contributed by atoms with Crippen LogP contribution in [-0.2, 0) is 4.79 Å². The molecule has 1 unspecified atom stereocenters. The number of carbonyl (C=O) groups is 1. The molecule has 88 valence electrons. The molecule has 0 aromatic carbocycles. The van der Waals surface area contributed by atoms with Crippen molar-refractivity contribution in [3.05, 3.63) is 24.4 Å². The van der Waals surface area contributed by atoms with Crippen LogP contribution in [-0.4, -0.2) is 45.0 Å². The zero-order valence-corrected chi connectivity index (χ0v) is 9.50. The van der Waals surface area contributed by atoms with E-state index in [1.54, 1.807) is 16.5 Å². The number of likely N-dealkylation sites (N-methyl/N-ethyl adjacent to an activating group) is 1. The van der Waals surface area contributed by atoms with Crippen LogP contribution in [0.15, 0.2) is 24.4 Å². The summed E-state index contributed by atoms with van der Waals surface area (Å²) in [4.78, 5) is 17.7. The number of nitrogens with one attached hydrogen (secondary N) is 1. The van der Waals surface area contributed by atoms with E-state index in [2.05, 4.69) is 15.4 Å². The van der Waals surface area contributed by atoms with Crippen molar-refractivity contribution in [3.8, 4) is 0 Å². The molecule has 1 aliphatic rings. The lowest BCUT2D eigenvalue weighted by molar-refractivity contribution is -0.127. The first-order valence-electron chi connectivity index (χ1n) is 5.57. The van der Waals surface area contributed by atoms with E-state index >= 15 is 0 Å². The zero-order valence-electron chi connectivity index (χ0n) is 9.50. The van der Waals surface area contributed by atoms with E-state index in [-0.39, 0.29) is 11.9 Å². The fourth-order valence-electron chi connectivity index (χ4n) is 2.00. The molecule has 0 radical (unpaired) electrons. The van der Waals surface area contributed by atoms with Crippen molar-refractivity contribution in [1.29, 1.82) is 0 Å². The van der Waals surface area contributed by atoms with Gasteiger partial charge in [-0.1, -0.05) is 6.07 Å². The van der Waals surface area contributed by atoms with Gasteiger partial charge in [0.05, 0.1) is 0 Å². The van der Waals surface area contributed by atoms with Crippen LogP contribution in [0.1, 0.15) is 6.42 Å². The van der Waals surface area contributed by atoms with Crippen LogP contribution >= 0.6 is 0 Å². The van der Waals surface area contributed by atoms with Gasteiger partial charge in [0.25, 0.3) is 0 Å². The number of rotatable bonds is 2. The number of likely N-dealkylation sites (tertiary alicyclic amines) is 1. The van der Waals surface area contributed by atoms with E-state index in [1.807, 2.05) is 24.4 Å². The highest BCUT2D eigenvalue weighted by molar-refractivity contribution is 5.86. The molecule has 1 aliphatic heterocycles. The SMILES string of the molecule is CN1CCC(Nc2nc3ccccn3n2)C1=O. The Hall–Kier alpha value is -2.11. The van der Waals surface area contributed by atoms with E-state index in [4.69, 9.17) is 0 Å². The third-order valence-electron chi connectivity index (χ3n) is 2.97. The molecule has 2 aromatic rings. The quantitative estimate of drug-likeness (QED) is 0.811. The molecule has 17 heavy (non-hydrogen) atoms. The maximum Gasteiger partial charge on any atom is 0.244 e. The van der Waals surface area contributed by atoms with Gasteiger partial charge in [-0.3, -0.25) is 4.79 Å². The lowest BCUT2D eigenvalue weighted by Gasteiger charge is -2.10. The summed E-state index contributed by atoms with van der Waals surface area (Å²) < 4.78 is 1.69. The number of amides is 1. The van der Waals surface area contributed by atoms with Crippen LogP contribution in [0.25, 0.3) is 5.65 Å². The van der Waals surface area contributed by atoms with Gasteiger partial charge in [0, 0.05) is 19.8 Å². The summed E-state index contributed by atoms with van der Waals surface area (Å²) in [6.07, 6.45) is 2.63. The van der Waals surface area contributed by atoms with Gasteiger partial charge >= 0.3 is 0 Å². The number of hydrogen-bond acceptors (Lipinski definition) is 4. The fraction of sp³-hybridized carbons (Fsp3) is 0.364. The van der Waals surface area contributed by atoms with Crippen LogP contribution in [0.5, 0.6) is 0 Å². The normalized spacial score (nSPS) is 20.2. The molecule has 3 rings (SSSR count). The Morgan fingerprint density at radius 3 is 3.06 bits per heavy atom. The summed E-state index contributed by atoms with van der Waals surface area (Å²) in [7, 11) is 1.81. The molecule has 2 aromatic heterocycles. The molecule has 1 N–H and O–H groups in total. The fourth-order valence-corrected chi connectivity index (χ4v) is 2.00. The number of aromatic nitrogens is 3. The predicted octanol–water partition coefficient (Wildman–Crippen LogP) is 0.372. The second-order valence-corrected chi connectivity index (χ2v) is 4.18. The molecular formula is C11H13N5O. The summed E-state index contributed by atoms with van der Waals surface area (Å²) >= 11 is 0. The maximum atomic E-state index is 11.7. The minimum Gasteiger partial charge on any atom is -0.344 e. The smallest absolute Gasteiger partial charge is 0.244 e. The van der Waals surface area contributed by atoms with E-state index in [0.29, 0.717) is 5.95 Å². The van der Waals surface area contributed by atoms with Gasteiger partial charge in [0.1, 0.15) is 6.04 Å². The Morgan fingerprint density at radius 2 is 2.35 bits per heavy atom. The minimum absolute atomic E-state index is 0.101. The Bertz CT molecular complexity index is 531. The monoisotopic (exact) mass is 231 g/mol. The van der Waals surface area contributed by atoms with Gasteiger partial charge in [-0.05, 0) is 18.6 Å². The van der Waals surface area contributed by atoms with Gasteiger partial charge in [0.2, 0.25) is 11.9 Å². The summed E-state index contributed by atoms with van der Waals surface area (Å²) in [5.41, 5.74) is 0.772. The van der Waals surface area contributed by atoms with E-state index < -0.39 is 0 Å². The lowest BCUT2D eigenvalue weighted by Crippen LogP contribution is -2.31. The van der Waals surface area contributed by atoms with Crippen molar-refractivity contribution in [2.24, 2.45) is 0 Å². The van der Waals surface area contributed by atoms with Gasteiger partial charge in [-0.2, -0.15) is 4.98 Å². The van der Waals surface area contributed by atoms with Crippen LogP contribution in [0.2, 0.25) is 0 Å². The maximum absolute atomic E-state index is 11.7. The first kappa shape index (κ1) is 10.1. The Kier molecular flexibility index (Phi) is 2.21. The van der Waals surface area contributed by atoms with Crippen molar-refractivity contribution in [2.45, 2.75) is 12.5 Å². The first-order valence-corrected chi connectivity index (χ1v) is 5.57. The van der Waals surface area contributed by atoms with Crippen molar-refractivity contribution in [2.75, 3.05) is 18.9 Å². The van der Waals surface area contributed by atoms with Gasteiger partial charge in [0.15, 0.2) is 5.65 Å². The summed E-state index contributed by atoms with van der Waals surface area (Å²) in [6, 6.07) is 5.47. The lowest BCUT2D eigenvalue weighted by atomic mass is 10.2. The Labute approximate surface area is 98.2 Å². The standard InChI is InChI=1S/C11H13N5O/c1-15-7-5-8(10(15)17)12-11-13-9-4-2-3-6-16(9)14-11/h2-4,6,8H,5,7H2,1H3,(H,12,14). The van der Waals surface area contributed by atoms with E-state index in [0.717, 1.165) is 18.6 Å². The van der Waals surface area contributed by atoms with E-state index in [1.165, 1.54) is 0 Å². The van der Waals surface area contributed by atoms with Crippen molar-refractivity contribution >= 4 is 17.5 Å². The van der Waals surface area contributed by atoms with Gasteiger partial charge in [-0.15, -0.1) is 5.10 Å². The second-order valence-electron chi connectivity index (χ2n) is 4.18. The topological polar surface area (TPSA) is 62.5 Å². The van der Waals surface area contributed by atoms with Crippen molar-refractivity contribution < 1.29 is 4.79 Å². The Balaban J connectivity index is 1.83. The predicted molar refractivity (Wildman–Crippen MR) is 62.7 cm³/mol. The highest BCUT2D eigenvalue weighted by atomic mass is 16.2. The molecule has 1 saturated heterocycles. The molecule has 0 bridgehead atoms. The van der Waals surface area contributed by atoms with Crippen LogP contribution < -0.4 is 5.32 Å². The summed E-state index contributed by atoms with van der Waals surface area (Å²) in [6.45, 7) is 0.782. The number of hydrogen-bond donors (Lipinski definition) is 1. The largest absolute Gasteiger partial charge is 0.344 e. The average Bonchev–Trinajstić information content (AvgIpc) is 2.87. The number of pyridine rings is 1. The highest BCUT2D eigenvalue weighted by Gasteiger charge is 2.29. The third-order valence-corrected chi connectivity index (χ3v) is 2.97. The van der Waals surface area contributed by atoms with Crippen molar-refractivity contribution in [1.82, 2.24) is 19.5 Å².